The first-order valence-electron chi connectivity index (χ1n) is 9.56. The zero-order chi connectivity index (χ0) is 20.8. The molecule has 5 rings (SSSR count). The van der Waals surface area contributed by atoms with Gasteiger partial charge in [-0.25, -0.2) is 0 Å². The Bertz CT molecular complexity index is 1230. The Hall–Kier alpha value is -3.94. The van der Waals surface area contributed by atoms with Gasteiger partial charge in [0.25, 0.3) is 11.8 Å². The predicted octanol–water partition coefficient (Wildman–Crippen LogP) is 2.45. The maximum absolute atomic E-state index is 12.7. The number of piperidine rings is 1. The quantitative estimate of drug-likeness (QED) is 0.653. The second kappa shape index (κ2) is 6.84. The average Bonchev–Trinajstić information content (AvgIpc) is 3.32. The summed E-state index contributed by atoms with van der Waals surface area (Å²) < 4.78 is 5.29. The third-order valence-corrected chi connectivity index (χ3v) is 5.50. The number of nitrogens with zero attached hydrogens (tertiary/aromatic N) is 1. The highest BCUT2D eigenvalue weighted by Crippen LogP contribution is 2.29. The van der Waals surface area contributed by atoms with Crippen molar-refractivity contribution in [1.82, 2.24) is 10.2 Å². The van der Waals surface area contributed by atoms with Crippen molar-refractivity contribution in [2.45, 2.75) is 25.4 Å². The fraction of sp³-hybridized carbons (Fsp3) is 0.182. The summed E-state index contributed by atoms with van der Waals surface area (Å²) in [4.78, 5) is 50.4. The average molecular weight is 403 g/mol. The first kappa shape index (κ1) is 18.1. The molecule has 30 heavy (non-hydrogen) atoms. The molecule has 2 aliphatic heterocycles. The van der Waals surface area contributed by atoms with E-state index in [1.165, 1.54) is 4.90 Å². The molecule has 2 aliphatic rings. The Balaban J connectivity index is 1.34. The lowest BCUT2D eigenvalue weighted by atomic mass is 10.0. The Morgan fingerprint density at radius 1 is 1.10 bits per heavy atom. The monoisotopic (exact) mass is 403 g/mol. The molecule has 2 aromatic carbocycles. The highest BCUT2D eigenvalue weighted by molar-refractivity contribution is 6.08. The van der Waals surface area contributed by atoms with Crippen molar-refractivity contribution in [1.29, 1.82) is 0 Å². The number of benzene rings is 2. The molecule has 0 radical (unpaired) electrons. The van der Waals surface area contributed by atoms with Gasteiger partial charge in [0.15, 0.2) is 0 Å². The summed E-state index contributed by atoms with van der Waals surface area (Å²) >= 11 is 0. The number of rotatable bonds is 3. The lowest BCUT2D eigenvalue weighted by Crippen LogP contribution is -2.52. The normalized spacial score (nSPS) is 18.5. The highest BCUT2D eigenvalue weighted by atomic mass is 16.3. The molecule has 1 atom stereocenters. The highest BCUT2D eigenvalue weighted by Gasteiger charge is 2.39. The number of hydrogen-bond acceptors (Lipinski definition) is 5. The van der Waals surface area contributed by atoms with Crippen LogP contribution in [0.4, 0.5) is 5.69 Å². The first-order valence-corrected chi connectivity index (χ1v) is 9.56. The minimum atomic E-state index is -0.665. The van der Waals surface area contributed by atoms with E-state index >= 15 is 0 Å². The SMILES string of the molecule is O=C1CCC(N2Cc3cc(NC(=O)c4ccc5occc5c4)ccc3C2=O)C(=O)N1. The zero-order valence-corrected chi connectivity index (χ0v) is 15.8. The molecule has 150 valence electrons. The summed E-state index contributed by atoms with van der Waals surface area (Å²) in [5.74, 6) is -1.29. The summed E-state index contributed by atoms with van der Waals surface area (Å²) in [6.07, 6.45) is 2.08. The summed E-state index contributed by atoms with van der Waals surface area (Å²) in [5, 5.41) is 5.97. The molecule has 0 saturated carbocycles. The van der Waals surface area contributed by atoms with E-state index in [0.29, 0.717) is 28.8 Å². The van der Waals surface area contributed by atoms with Crippen LogP contribution in [-0.4, -0.2) is 34.6 Å². The number of furan rings is 1. The molecule has 2 N–H and O–H groups in total. The number of anilines is 1. The van der Waals surface area contributed by atoms with Gasteiger partial charge in [-0.15, -0.1) is 0 Å². The van der Waals surface area contributed by atoms with E-state index in [2.05, 4.69) is 10.6 Å². The fourth-order valence-corrected chi connectivity index (χ4v) is 3.96. The van der Waals surface area contributed by atoms with Crippen molar-refractivity contribution >= 4 is 40.3 Å². The number of nitrogens with one attached hydrogen (secondary N) is 2. The Morgan fingerprint density at radius 2 is 1.97 bits per heavy atom. The maximum atomic E-state index is 12.7. The predicted molar refractivity (Wildman–Crippen MR) is 107 cm³/mol. The molecule has 1 aromatic heterocycles. The molecule has 1 fully saturated rings. The van der Waals surface area contributed by atoms with Crippen molar-refractivity contribution in [3.8, 4) is 0 Å². The Morgan fingerprint density at radius 3 is 2.80 bits per heavy atom. The van der Waals surface area contributed by atoms with Crippen molar-refractivity contribution < 1.29 is 23.6 Å². The van der Waals surface area contributed by atoms with Crippen LogP contribution in [0.15, 0.2) is 53.1 Å². The second-order valence-electron chi connectivity index (χ2n) is 7.40. The molecule has 4 amide bonds. The first-order chi connectivity index (χ1) is 14.5. The lowest BCUT2D eigenvalue weighted by molar-refractivity contribution is -0.136. The molecule has 1 unspecified atom stereocenters. The van der Waals surface area contributed by atoms with Crippen LogP contribution >= 0.6 is 0 Å². The number of fused-ring (bicyclic) bond motifs is 2. The molecule has 3 heterocycles. The fourth-order valence-electron chi connectivity index (χ4n) is 3.96. The maximum Gasteiger partial charge on any atom is 0.255 e. The molecule has 0 bridgehead atoms. The minimum Gasteiger partial charge on any atom is -0.464 e. The number of carbonyl (C=O) groups is 4. The van der Waals surface area contributed by atoms with E-state index in [4.69, 9.17) is 4.42 Å². The van der Waals surface area contributed by atoms with Crippen LogP contribution in [0.1, 0.15) is 39.1 Å². The van der Waals surface area contributed by atoms with Gasteiger partial charge in [-0.1, -0.05) is 0 Å². The number of hydrogen-bond donors (Lipinski definition) is 2. The van der Waals surface area contributed by atoms with Gasteiger partial charge in [-0.3, -0.25) is 24.5 Å². The van der Waals surface area contributed by atoms with Gasteiger partial charge < -0.3 is 14.6 Å². The van der Waals surface area contributed by atoms with Gasteiger partial charge in [0.2, 0.25) is 11.8 Å². The van der Waals surface area contributed by atoms with Gasteiger partial charge in [0, 0.05) is 35.2 Å². The molecule has 0 aliphatic carbocycles. The van der Waals surface area contributed by atoms with Gasteiger partial charge in [-0.05, 0) is 54.4 Å². The van der Waals surface area contributed by atoms with Gasteiger partial charge in [-0.2, -0.15) is 0 Å². The summed E-state index contributed by atoms with van der Waals surface area (Å²) in [5.41, 5.74) is 2.98. The molecule has 0 spiro atoms. The second-order valence-corrected chi connectivity index (χ2v) is 7.40. The summed E-state index contributed by atoms with van der Waals surface area (Å²) in [6, 6.07) is 11.4. The van der Waals surface area contributed by atoms with E-state index in [1.807, 2.05) is 0 Å². The van der Waals surface area contributed by atoms with Crippen molar-refractivity contribution in [3.05, 3.63) is 65.4 Å². The van der Waals surface area contributed by atoms with Crippen molar-refractivity contribution in [3.63, 3.8) is 0 Å². The van der Waals surface area contributed by atoms with Gasteiger partial charge in [0.05, 0.1) is 6.26 Å². The van der Waals surface area contributed by atoms with E-state index < -0.39 is 11.9 Å². The lowest BCUT2D eigenvalue weighted by Gasteiger charge is -2.29. The van der Waals surface area contributed by atoms with E-state index in [1.54, 1.807) is 48.7 Å². The third kappa shape index (κ3) is 3.02. The Labute approximate surface area is 170 Å². The van der Waals surface area contributed by atoms with Crippen LogP contribution < -0.4 is 10.6 Å². The van der Waals surface area contributed by atoms with Crippen LogP contribution in [0, 0.1) is 0 Å². The van der Waals surface area contributed by atoms with E-state index in [9.17, 15) is 19.2 Å². The molecule has 1 saturated heterocycles. The van der Waals surface area contributed by atoms with Crippen molar-refractivity contribution in [2.24, 2.45) is 0 Å². The van der Waals surface area contributed by atoms with Crippen LogP contribution in [0.3, 0.4) is 0 Å². The van der Waals surface area contributed by atoms with Crippen LogP contribution in [0.25, 0.3) is 11.0 Å². The topological polar surface area (TPSA) is 109 Å². The summed E-state index contributed by atoms with van der Waals surface area (Å²) in [7, 11) is 0. The third-order valence-electron chi connectivity index (χ3n) is 5.50. The minimum absolute atomic E-state index is 0.207. The van der Waals surface area contributed by atoms with Crippen LogP contribution in [0.5, 0.6) is 0 Å². The Kier molecular flexibility index (Phi) is 4.13. The number of imide groups is 1. The van der Waals surface area contributed by atoms with Gasteiger partial charge in [0.1, 0.15) is 11.6 Å². The van der Waals surface area contributed by atoms with Gasteiger partial charge >= 0.3 is 0 Å². The zero-order valence-electron chi connectivity index (χ0n) is 15.8. The molecule has 8 nitrogen and oxygen atoms in total. The summed E-state index contributed by atoms with van der Waals surface area (Å²) in [6.45, 7) is 0.255. The van der Waals surface area contributed by atoms with Crippen LogP contribution in [-0.2, 0) is 16.1 Å². The number of amides is 4. The number of carbonyl (C=O) groups excluding carboxylic acids is 4. The molecule has 3 aromatic rings. The molecular weight excluding hydrogens is 386 g/mol. The largest absolute Gasteiger partial charge is 0.464 e. The standard InChI is InChI=1S/C22H17N3O5/c26-19-6-4-17(21(28)24-19)25-11-14-10-15(2-3-16(14)22(25)29)23-20(27)13-1-5-18-12(9-13)7-8-30-18/h1-3,5,7-10,17H,4,6,11H2,(H,23,27)(H,24,26,28). The van der Waals surface area contributed by atoms with Crippen molar-refractivity contribution in [2.75, 3.05) is 5.32 Å². The van der Waals surface area contributed by atoms with Crippen LogP contribution in [0.2, 0.25) is 0 Å². The van der Waals surface area contributed by atoms with E-state index in [0.717, 1.165) is 10.9 Å². The molecule has 8 heteroatoms. The molecular formula is C22H17N3O5. The smallest absolute Gasteiger partial charge is 0.255 e. The van der Waals surface area contributed by atoms with E-state index in [-0.39, 0.29) is 30.7 Å².